The van der Waals surface area contributed by atoms with Crippen LogP contribution in [0.5, 0.6) is 0 Å². The van der Waals surface area contributed by atoms with Crippen molar-refractivity contribution in [3.63, 3.8) is 0 Å². The van der Waals surface area contributed by atoms with Crippen molar-refractivity contribution < 1.29 is 4.74 Å². The molecule has 7 heteroatoms. The summed E-state index contributed by atoms with van der Waals surface area (Å²) < 4.78 is 7.27. The van der Waals surface area contributed by atoms with E-state index in [-0.39, 0.29) is 28.9 Å². The molecular weight excluding hydrogens is 270 g/mol. The molecule has 0 aliphatic carbocycles. The average molecular weight is 293 g/mol. The fourth-order valence-corrected chi connectivity index (χ4v) is 3.45. The first-order valence-electron chi connectivity index (χ1n) is 7.39. The highest BCUT2D eigenvalue weighted by Crippen LogP contribution is 2.41. The molecule has 2 fully saturated rings. The summed E-state index contributed by atoms with van der Waals surface area (Å²) in [6.07, 6.45) is 2.01. The molecule has 2 aliphatic heterocycles. The summed E-state index contributed by atoms with van der Waals surface area (Å²) >= 11 is 0. The third-order valence-electron chi connectivity index (χ3n) is 5.02. The van der Waals surface area contributed by atoms with E-state index in [0.717, 1.165) is 32.5 Å². The highest BCUT2D eigenvalue weighted by molar-refractivity contribution is 5.39. The molecule has 7 nitrogen and oxygen atoms in total. The summed E-state index contributed by atoms with van der Waals surface area (Å²) in [5.74, 6) is 0.901. The molecule has 4 N–H and O–H groups in total. The van der Waals surface area contributed by atoms with Crippen LogP contribution in [-0.2, 0) is 11.8 Å². The van der Waals surface area contributed by atoms with Gasteiger partial charge in [0.2, 0.25) is 5.95 Å². The SMILES string of the molecule is C[C@@H]1OCC2(CCN(c3nc(N)cc(=O)n3C)CC2)[C@@H]1N. The number of rotatable bonds is 1. The monoisotopic (exact) mass is 293 g/mol. The first kappa shape index (κ1) is 14.3. The minimum Gasteiger partial charge on any atom is -0.383 e. The van der Waals surface area contributed by atoms with Crippen molar-refractivity contribution in [3.05, 3.63) is 16.4 Å². The summed E-state index contributed by atoms with van der Waals surface area (Å²) in [5, 5.41) is 0. The Morgan fingerprint density at radius 3 is 2.67 bits per heavy atom. The van der Waals surface area contributed by atoms with E-state index in [1.54, 1.807) is 11.6 Å². The van der Waals surface area contributed by atoms with Crippen molar-refractivity contribution in [2.24, 2.45) is 18.2 Å². The Labute approximate surface area is 123 Å². The van der Waals surface area contributed by atoms with Crippen LogP contribution in [0.1, 0.15) is 19.8 Å². The van der Waals surface area contributed by atoms with Gasteiger partial charge in [0.15, 0.2) is 0 Å². The fourth-order valence-electron chi connectivity index (χ4n) is 3.45. The fraction of sp³-hybridized carbons (Fsp3) is 0.714. The van der Waals surface area contributed by atoms with Gasteiger partial charge in [-0.15, -0.1) is 0 Å². The second kappa shape index (κ2) is 4.99. The van der Waals surface area contributed by atoms with Crippen molar-refractivity contribution in [2.45, 2.75) is 31.9 Å². The van der Waals surface area contributed by atoms with Gasteiger partial charge in [-0.05, 0) is 19.8 Å². The van der Waals surface area contributed by atoms with E-state index in [1.165, 1.54) is 6.07 Å². The zero-order chi connectivity index (χ0) is 15.2. The Hall–Kier alpha value is -1.60. The topological polar surface area (TPSA) is 99.4 Å². The molecule has 2 aliphatic rings. The zero-order valence-corrected chi connectivity index (χ0v) is 12.6. The smallest absolute Gasteiger partial charge is 0.256 e. The zero-order valence-electron chi connectivity index (χ0n) is 12.6. The number of piperidine rings is 1. The van der Waals surface area contributed by atoms with Crippen LogP contribution in [0, 0.1) is 5.41 Å². The van der Waals surface area contributed by atoms with Crippen LogP contribution in [0.25, 0.3) is 0 Å². The second-order valence-corrected chi connectivity index (χ2v) is 6.27. The number of hydrogen-bond donors (Lipinski definition) is 2. The average Bonchev–Trinajstić information content (AvgIpc) is 2.73. The summed E-state index contributed by atoms with van der Waals surface area (Å²) in [7, 11) is 1.72. The van der Waals surface area contributed by atoms with E-state index < -0.39 is 0 Å². The van der Waals surface area contributed by atoms with E-state index in [2.05, 4.69) is 9.88 Å². The van der Waals surface area contributed by atoms with Gasteiger partial charge in [0, 0.05) is 37.7 Å². The maximum Gasteiger partial charge on any atom is 0.256 e. The van der Waals surface area contributed by atoms with E-state index >= 15 is 0 Å². The van der Waals surface area contributed by atoms with Crippen molar-refractivity contribution in [1.29, 1.82) is 0 Å². The van der Waals surface area contributed by atoms with E-state index in [1.807, 2.05) is 6.92 Å². The molecule has 2 atom stereocenters. The van der Waals surface area contributed by atoms with Crippen molar-refractivity contribution >= 4 is 11.8 Å². The van der Waals surface area contributed by atoms with Gasteiger partial charge in [-0.1, -0.05) is 0 Å². The lowest BCUT2D eigenvalue weighted by Gasteiger charge is -2.41. The van der Waals surface area contributed by atoms with Gasteiger partial charge in [0.05, 0.1) is 12.7 Å². The summed E-state index contributed by atoms with van der Waals surface area (Å²) in [6, 6.07) is 1.43. The number of ether oxygens (including phenoxy) is 1. The number of nitrogens with zero attached hydrogens (tertiary/aromatic N) is 3. The van der Waals surface area contributed by atoms with Gasteiger partial charge in [0.25, 0.3) is 5.56 Å². The Balaban J connectivity index is 1.79. The van der Waals surface area contributed by atoms with Crippen LogP contribution >= 0.6 is 0 Å². The van der Waals surface area contributed by atoms with E-state index in [9.17, 15) is 4.79 Å². The number of hydrogen-bond acceptors (Lipinski definition) is 6. The van der Waals surface area contributed by atoms with E-state index in [0.29, 0.717) is 5.95 Å². The molecule has 3 heterocycles. The molecule has 3 rings (SSSR count). The van der Waals surface area contributed by atoms with Crippen LogP contribution in [-0.4, -0.2) is 41.4 Å². The van der Waals surface area contributed by atoms with Crippen molar-refractivity contribution in [1.82, 2.24) is 9.55 Å². The molecule has 0 aromatic carbocycles. The molecule has 1 aromatic heterocycles. The minimum atomic E-state index is -0.132. The Bertz CT molecular complexity index is 592. The molecule has 0 amide bonds. The van der Waals surface area contributed by atoms with Crippen LogP contribution in [0.4, 0.5) is 11.8 Å². The summed E-state index contributed by atoms with van der Waals surface area (Å²) in [5.41, 5.74) is 11.9. The van der Waals surface area contributed by atoms with Gasteiger partial charge < -0.3 is 21.1 Å². The lowest BCUT2D eigenvalue weighted by molar-refractivity contribution is 0.0973. The number of nitrogens with two attached hydrogens (primary N) is 2. The first-order chi connectivity index (χ1) is 9.93. The Morgan fingerprint density at radius 1 is 1.43 bits per heavy atom. The summed E-state index contributed by atoms with van der Waals surface area (Å²) in [4.78, 5) is 18.2. The number of anilines is 2. The molecular formula is C14H23N5O2. The normalized spacial score (nSPS) is 28.2. The van der Waals surface area contributed by atoms with E-state index in [4.69, 9.17) is 16.2 Å². The highest BCUT2D eigenvalue weighted by Gasteiger charge is 2.47. The molecule has 1 aromatic rings. The molecule has 0 unspecified atom stereocenters. The summed E-state index contributed by atoms with van der Waals surface area (Å²) in [6.45, 7) is 4.39. The van der Waals surface area contributed by atoms with Gasteiger partial charge >= 0.3 is 0 Å². The standard InChI is InChI=1S/C14H23N5O2/c1-9-12(16)14(8-21-9)3-5-19(6-4-14)13-17-10(15)7-11(20)18(13)2/h7,9,12H,3-6,8,15-16H2,1-2H3/t9-,12+/m0/s1. The minimum absolute atomic E-state index is 0.0646. The number of nitrogen functional groups attached to an aromatic ring is 1. The highest BCUT2D eigenvalue weighted by atomic mass is 16.5. The molecule has 116 valence electrons. The Kier molecular flexibility index (Phi) is 3.41. The third kappa shape index (κ3) is 2.30. The van der Waals surface area contributed by atoms with Gasteiger partial charge in [-0.2, -0.15) is 4.98 Å². The maximum absolute atomic E-state index is 11.8. The largest absolute Gasteiger partial charge is 0.383 e. The molecule has 0 saturated carbocycles. The lowest BCUT2D eigenvalue weighted by Crippen LogP contribution is -2.51. The Morgan fingerprint density at radius 2 is 2.10 bits per heavy atom. The molecule has 1 spiro atoms. The molecule has 0 radical (unpaired) electrons. The number of aromatic nitrogens is 2. The predicted octanol–water partition coefficient (Wildman–Crippen LogP) is -0.305. The first-order valence-corrected chi connectivity index (χ1v) is 7.39. The van der Waals surface area contributed by atoms with Crippen LogP contribution in [0.2, 0.25) is 0 Å². The van der Waals surface area contributed by atoms with Gasteiger partial charge in [0.1, 0.15) is 5.82 Å². The maximum atomic E-state index is 11.8. The van der Waals surface area contributed by atoms with Gasteiger partial charge in [-0.3, -0.25) is 9.36 Å². The quantitative estimate of drug-likeness (QED) is 0.737. The van der Waals surface area contributed by atoms with Crippen molar-refractivity contribution in [3.8, 4) is 0 Å². The van der Waals surface area contributed by atoms with Crippen LogP contribution in [0.3, 0.4) is 0 Å². The van der Waals surface area contributed by atoms with Crippen LogP contribution < -0.4 is 21.9 Å². The second-order valence-electron chi connectivity index (χ2n) is 6.27. The van der Waals surface area contributed by atoms with Gasteiger partial charge in [-0.25, -0.2) is 0 Å². The molecule has 21 heavy (non-hydrogen) atoms. The third-order valence-corrected chi connectivity index (χ3v) is 5.02. The predicted molar refractivity (Wildman–Crippen MR) is 81.2 cm³/mol. The molecule has 0 bridgehead atoms. The lowest BCUT2D eigenvalue weighted by atomic mass is 9.73. The van der Waals surface area contributed by atoms with Crippen molar-refractivity contribution in [2.75, 3.05) is 30.3 Å². The molecule has 2 saturated heterocycles. The van der Waals surface area contributed by atoms with Crippen LogP contribution in [0.15, 0.2) is 10.9 Å².